The number of hydrogen-bond acceptors (Lipinski definition) is 4. The Morgan fingerprint density at radius 3 is 2.33 bits per heavy atom. The first kappa shape index (κ1) is 18.0. The highest BCUT2D eigenvalue weighted by Crippen LogP contribution is 2.18. The van der Waals surface area contributed by atoms with Crippen LogP contribution in [0.15, 0.2) is 59.5 Å². The second-order valence-corrected chi connectivity index (χ2v) is 6.66. The molecule has 0 saturated carbocycles. The van der Waals surface area contributed by atoms with Crippen LogP contribution in [0.25, 0.3) is 0 Å². The number of ether oxygens (including phenoxy) is 2. The third-order valence-corrected chi connectivity index (χ3v) is 4.71. The van der Waals surface area contributed by atoms with Gasteiger partial charge in [0.15, 0.2) is 6.10 Å². The van der Waals surface area contributed by atoms with Crippen molar-refractivity contribution in [3.8, 4) is 11.5 Å². The molecule has 0 aromatic heterocycles. The van der Waals surface area contributed by atoms with Crippen molar-refractivity contribution in [3.05, 3.63) is 54.6 Å². The van der Waals surface area contributed by atoms with Gasteiger partial charge >= 0.3 is 0 Å². The lowest BCUT2D eigenvalue weighted by molar-refractivity contribution is -0.127. The molecule has 24 heavy (non-hydrogen) atoms. The van der Waals surface area contributed by atoms with Crippen molar-refractivity contribution >= 4 is 16.7 Å². The summed E-state index contributed by atoms with van der Waals surface area (Å²) in [4.78, 5) is 12.8. The molecule has 2 aromatic carbocycles. The Kier molecular flexibility index (Phi) is 6.81. The van der Waals surface area contributed by atoms with Gasteiger partial charge in [0.05, 0.1) is 17.9 Å². The van der Waals surface area contributed by atoms with Gasteiger partial charge in [-0.3, -0.25) is 9.00 Å². The molecule has 0 unspecified atom stereocenters. The third-order valence-electron chi connectivity index (χ3n) is 3.33. The smallest absolute Gasteiger partial charge is 0.260 e. The average molecular weight is 347 g/mol. The van der Waals surface area contributed by atoms with Gasteiger partial charge in [0.1, 0.15) is 11.5 Å². The minimum atomic E-state index is -1.12. The van der Waals surface area contributed by atoms with E-state index in [1.54, 1.807) is 38.3 Å². The van der Waals surface area contributed by atoms with E-state index in [2.05, 4.69) is 5.32 Å². The summed E-state index contributed by atoms with van der Waals surface area (Å²) in [6, 6.07) is 16.2. The van der Waals surface area contributed by atoms with E-state index in [-0.39, 0.29) is 5.91 Å². The first-order valence-electron chi connectivity index (χ1n) is 7.62. The molecule has 0 heterocycles. The molecule has 0 bridgehead atoms. The van der Waals surface area contributed by atoms with Crippen molar-refractivity contribution in [3.63, 3.8) is 0 Å². The summed E-state index contributed by atoms with van der Waals surface area (Å²) < 4.78 is 22.7. The molecule has 6 heteroatoms. The van der Waals surface area contributed by atoms with Crippen LogP contribution in [0.1, 0.15) is 6.92 Å². The van der Waals surface area contributed by atoms with Crippen LogP contribution in [0, 0.1) is 0 Å². The van der Waals surface area contributed by atoms with Crippen molar-refractivity contribution in [1.82, 2.24) is 5.32 Å². The fourth-order valence-corrected chi connectivity index (χ4v) is 3.00. The molecule has 0 saturated heterocycles. The van der Waals surface area contributed by atoms with Crippen molar-refractivity contribution in [2.24, 2.45) is 0 Å². The number of rotatable bonds is 8. The molecule has 2 atom stereocenters. The molecule has 0 spiro atoms. The fourth-order valence-electron chi connectivity index (χ4n) is 2.01. The van der Waals surface area contributed by atoms with Crippen LogP contribution in [-0.4, -0.2) is 35.6 Å². The quantitative estimate of drug-likeness (QED) is 0.796. The number of nitrogens with one attached hydrogen (secondary N) is 1. The summed E-state index contributed by atoms with van der Waals surface area (Å²) in [5.74, 6) is 1.44. The summed E-state index contributed by atoms with van der Waals surface area (Å²) in [5.41, 5.74) is 0. The van der Waals surface area contributed by atoms with Crippen LogP contribution in [0.5, 0.6) is 11.5 Å². The molecule has 1 N–H and O–H groups in total. The lowest BCUT2D eigenvalue weighted by Gasteiger charge is -2.15. The van der Waals surface area contributed by atoms with Gasteiger partial charge in [-0.1, -0.05) is 18.2 Å². The number of hydrogen-bond donors (Lipinski definition) is 1. The SMILES string of the molecule is COc1ccc(O[C@H](C)C(=O)NCC[S@](=O)c2ccccc2)cc1. The highest BCUT2D eigenvalue weighted by molar-refractivity contribution is 7.85. The maximum absolute atomic E-state index is 12.1. The number of carbonyl (C=O) groups excluding carboxylic acids is 1. The second-order valence-electron chi connectivity index (χ2n) is 5.09. The van der Waals surface area contributed by atoms with E-state index >= 15 is 0 Å². The topological polar surface area (TPSA) is 64.6 Å². The van der Waals surface area contributed by atoms with Crippen molar-refractivity contribution in [2.45, 2.75) is 17.9 Å². The maximum atomic E-state index is 12.1. The monoisotopic (exact) mass is 347 g/mol. The van der Waals surface area contributed by atoms with Crippen LogP contribution >= 0.6 is 0 Å². The largest absolute Gasteiger partial charge is 0.497 e. The number of amides is 1. The predicted octanol–water partition coefficient (Wildman–Crippen LogP) is 2.39. The van der Waals surface area contributed by atoms with Crippen LogP contribution in [0.2, 0.25) is 0 Å². The van der Waals surface area contributed by atoms with Crippen molar-refractivity contribution in [2.75, 3.05) is 19.4 Å². The lowest BCUT2D eigenvalue weighted by atomic mass is 10.3. The van der Waals surface area contributed by atoms with Crippen LogP contribution in [0.3, 0.4) is 0 Å². The number of methoxy groups -OCH3 is 1. The van der Waals surface area contributed by atoms with Gasteiger partial charge in [-0.05, 0) is 43.3 Å². The second kappa shape index (κ2) is 9.08. The van der Waals surface area contributed by atoms with E-state index in [4.69, 9.17) is 9.47 Å². The van der Waals surface area contributed by atoms with Gasteiger partial charge in [0, 0.05) is 17.2 Å². The Morgan fingerprint density at radius 2 is 1.71 bits per heavy atom. The van der Waals surface area contributed by atoms with E-state index < -0.39 is 16.9 Å². The highest BCUT2D eigenvalue weighted by Gasteiger charge is 2.14. The van der Waals surface area contributed by atoms with E-state index in [0.29, 0.717) is 18.0 Å². The molecule has 0 aliphatic rings. The van der Waals surface area contributed by atoms with Crippen LogP contribution in [0.4, 0.5) is 0 Å². The zero-order valence-corrected chi connectivity index (χ0v) is 14.5. The fraction of sp³-hybridized carbons (Fsp3) is 0.278. The van der Waals surface area contributed by atoms with E-state index in [0.717, 1.165) is 10.6 Å². The molecular formula is C18H21NO4S. The van der Waals surface area contributed by atoms with Crippen molar-refractivity contribution < 1.29 is 18.5 Å². The predicted molar refractivity (Wildman–Crippen MR) is 93.8 cm³/mol. The summed E-state index contributed by atoms with van der Waals surface area (Å²) in [6.07, 6.45) is -0.636. The Morgan fingerprint density at radius 1 is 1.08 bits per heavy atom. The van der Waals surface area contributed by atoms with Crippen LogP contribution < -0.4 is 14.8 Å². The first-order valence-corrected chi connectivity index (χ1v) is 8.94. The lowest BCUT2D eigenvalue weighted by Crippen LogP contribution is -2.38. The van der Waals surface area contributed by atoms with Gasteiger partial charge in [-0.25, -0.2) is 0 Å². The van der Waals surface area contributed by atoms with Crippen molar-refractivity contribution in [1.29, 1.82) is 0 Å². The Hall–Kier alpha value is -2.34. The zero-order chi connectivity index (χ0) is 17.4. The molecule has 0 fully saturated rings. The molecule has 0 radical (unpaired) electrons. The summed E-state index contributed by atoms with van der Waals surface area (Å²) in [7, 11) is 0.464. The highest BCUT2D eigenvalue weighted by atomic mass is 32.2. The minimum Gasteiger partial charge on any atom is -0.497 e. The van der Waals surface area contributed by atoms with Crippen LogP contribution in [-0.2, 0) is 15.6 Å². The van der Waals surface area contributed by atoms with E-state index in [1.165, 1.54) is 0 Å². The molecule has 1 amide bonds. The van der Waals surface area contributed by atoms with Gasteiger partial charge in [-0.15, -0.1) is 0 Å². The Bertz CT molecular complexity index is 673. The first-order chi connectivity index (χ1) is 11.6. The van der Waals surface area contributed by atoms with E-state index in [9.17, 15) is 9.00 Å². The standard InChI is InChI=1S/C18H21NO4S/c1-14(23-16-10-8-15(22-2)9-11-16)18(20)19-12-13-24(21)17-6-4-3-5-7-17/h3-11,14H,12-13H2,1-2H3,(H,19,20)/t14-,24+/m1/s1. The molecule has 128 valence electrons. The normalized spacial score (nSPS) is 12.9. The number of carbonyl (C=O) groups is 1. The summed E-state index contributed by atoms with van der Waals surface area (Å²) in [6.45, 7) is 2.00. The molecule has 0 aliphatic carbocycles. The van der Waals surface area contributed by atoms with Gasteiger partial charge < -0.3 is 14.8 Å². The molecule has 2 aromatic rings. The average Bonchev–Trinajstić information content (AvgIpc) is 2.62. The molecule has 0 aliphatic heterocycles. The zero-order valence-electron chi connectivity index (χ0n) is 13.7. The summed E-state index contributed by atoms with van der Waals surface area (Å²) >= 11 is 0. The van der Waals surface area contributed by atoms with Gasteiger partial charge in [-0.2, -0.15) is 0 Å². The van der Waals surface area contributed by atoms with E-state index in [1.807, 2.05) is 30.3 Å². The summed E-state index contributed by atoms with van der Waals surface area (Å²) in [5, 5.41) is 2.74. The number of benzene rings is 2. The molecular weight excluding hydrogens is 326 g/mol. The van der Waals surface area contributed by atoms with Gasteiger partial charge in [0.25, 0.3) is 5.91 Å². The Labute approximate surface area is 144 Å². The maximum Gasteiger partial charge on any atom is 0.260 e. The third kappa shape index (κ3) is 5.38. The Balaban J connectivity index is 1.76. The van der Waals surface area contributed by atoms with Gasteiger partial charge in [0.2, 0.25) is 0 Å². The molecule has 2 rings (SSSR count). The molecule has 5 nitrogen and oxygen atoms in total. The minimum absolute atomic E-state index is 0.240.